The molecule has 0 bridgehead atoms. The number of nitrogens with zero attached hydrogens (tertiary/aromatic N) is 2. The Kier molecular flexibility index (Phi) is 4.42. The Labute approximate surface area is 142 Å². The molecule has 0 saturated heterocycles. The van der Waals surface area contributed by atoms with Crippen LogP contribution in [0.5, 0.6) is 11.6 Å². The van der Waals surface area contributed by atoms with Crippen LogP contribution in [0.3, 0.4) is 0 Å². The van der Waals surface area contributed by atoms with Crippen LogP contribution in [0.4, 0.5) is 0 Å². The van der Waals surface area contributed by atoms with Gasteiger partial charge in [-0.25, -0.2) is 4.79 Å². The van der Waals surface area contributed by atoms with E-state index in [1.54, 1.807) is 0 Å². The first kappa shape index (κ1) is 16.6. The van der Waals surface area contributed by atoms with Crippen LogP contribution < -0.4 is 10.3 Å². The van der Waals surface area contributed by atoms with E-state index in [9.17, 15) is 19.8 Å². The number of carboxylic acids is 1. The third kappa shape index (κ3) is 3.18. The zero-order valence-electron chi connectivity index (χ0n) is 13.5. The molecule has 3 rings (SSSR count). The molecule has 0 amide bonds. The average molecular weight is 343 g/mol. The van der Waals surface area contributed by atoms with Gasteiger partial charge in [-0.2, -0.15) is 9.61 Å². The van der Waals surface area contributed by atoms with Crippen LogP contribution >= 0.6 is 0 Å². The predicted molar refractivity (Wildman–Crippen MR) is 89.4 cm³/mol. The second-order valence-electron chi connectivity index (χ2n) is 5.55. The number of aromatic amines is 1. The highest BCUT2D eigenvalue weighted by atomic mass is 16.5. The molecule has 3 N–H and O–H groups in total. The number of benzene rings is 1. The summed E-state index contributed by atoms with van der Waals surface area (Å²) in [6.45, 7) is 1.88. The number of ether oxygens (including phenoxy) is 1. The molecule has 0 aliphatic rings. The number of aryl methyl sites for hydroxylation is 1. The second kappa shape index (κ2) is 6.68. The molecule has 0 spiro atoms. The molecule has 0 radical (unpaired) electrons. The Morgan fingerprint density at radius 3 is 2.72 bits per heavy atom. The van der Waals surface area contributed by atoms with Crippen LogP contribution in [-0.2, 0) is 6.42 Å². The molecule has 0 saturated carbocycles. The number of nitrogens with one attached hydrogen (secondary N) is 1. The Morgan fingerprint density at radius 1 is 1.32 bits per heavy atom. The quantitative estimate of drug-likeness (QED) is 0.587. The van der Waals surface area contributed by atoms with Crippen molar-refractivity contribution in [2.45, 2.75) is 19.8 Å². The summed E-state index contributed by atoms with van der Waals surface area (Å²) in [5.41, 5.74) is -0.345. The molecule has 25 heavy (non-hydrogen) atoms. The van der Waals surface area contributed by atoms with Gasteiger partial charge < -0.3 is 19.9 Å². The lowest BCUT2D eigenvalue weighted by molar-refractivity contribution is 0.0698. The number of para-hydroxylation sites is 1. The van der Waals surface area contributed by atoms with Gasteiger partial charge in [0.25, 0.3) is 5.56 Å². The van der Waals surface area contributed by atoms with Gasteiger partial charge in [0.05, 0.1) is 17.9 Å². The Balaban J connectivity index is 1.80. The molecule has 3 aromatic rings. The fraction of sp³-hybridized carbons (Fsp3) is 0.235. The Hall–Kier alpha value is -3.29. The van der Waals surface area contributed by atoms with Gasteiger partial charge in [-0.1, -0.05) is 18.2 Å². The molecule has 8 nitrogen and oxygen atoms in total. The van der Waals surface area contributed by atoms with E-state index >= 15 is 0 Å². The first-order valence-corrected chi connectivity index (χ1v) is 7.73. The van der Waals surface area contributed by atoms with Crippen molar-refractivity contribution in [2.75, 3.05) is 6.61 Å². The van der Waals surface area contributed by atoms with Crippen molar-refractivity contribution in [1.29, 1.82) is 0 Å². The summed E-state index contributed by atoms with van der Waals surface area (Å²) in [5.74, 6) is -0.842. The summed E-state index contributed by atoms with van der Waals surface area (Å²) in [7, 11) is 0. The largest absolute Gasteiger partial charge is 0.494 e. The van der Waals surface area contributed by atoms with E-state index in [1.807, 2.05) is 30.3 Å². The van der Waals surface area contributed by atoms with Crippen LogP contribution in [0, 0.1) is 6.92 Å². The fourth-order valence-electron chi connectivity index (χ4n) is 2.65. The highest BCUT2D eigenvalue weighted by Gasteiger charge is 2.21. The van der Waals surface area contributed by atoms with Crippen LogP contribution in [0.2, 0.25) is 0 Å². The normalized spacial score (nSPS) is 10.9. The number of carboxylic acid groups (broad SMARTS) is 1. The summed E-state index contributed by atoms with van der Waals surface area (Å²) in [5, 5.41) is 23.5. The number of rotatable bonds is 6. The summed E-state index contributed by atoms with van der Waals surface area (Å²) in [6.07, 6.45) is 0.772. The number of carbonyl (C=O) groups is 1. The maximum absolute atomic E-state index is 12.2. The fourth-order valence-corrected chi connectivity index (χ4v) is 2.65. The maximum Gasteiger partial charge on any atom is 0.341 e. The van der Waals surface area contributed by atoms with Crippen LogP contribution in [0.1, 0.15) is 28.0 Å². The van der Waals surface area contributed by atoms with Crippen LogP contribution in [0.15, 0.2) is 35.1 Å². The van der Waals surface area contributed by atoms with E-state index < -0.39 is 11.5 Å². The van der Waals surface area contributed by atoms with E-state index in [0.717, 1.165) is 10.3 Å². The molecule has 0 atom stereocenters. The molecule has 1 aromatic carbocycles. The molecule has 2 heterocycles. The van der Waals surface area contributed by atoms with Crippen molar-refractivity contribution in [2.24, 2.45) is 0 Å². The average Bonchev–Trinajstić information content (AvgIpc) is 2.91. The van der Waals surface area contributed by atoms with Crippen LogP contribution in [-0.4, -0.2) is 37.4 Å². The third-order valence-electron chi connectivity index (χ3n) is 3.83. The molecule has 0 aliphatic heterocycles. The molecule has 2 aromatic heterocycles. The summed E-state index contributed by atoms with van der Waals surface area (Å²) >= 11 is 0. The lowest BCUT2D eigenvalue weighted by Gasteiger charge is -2.07. The van der Waals surface area contributed by atoms with Gasteiger partial charge >= 0.3 is 5.97 Å². The number of aromatic nitrogens is 3. The monoisotopic (exact) mass is 343 g/mol. The van der Waals surface area contributed by atoms with Gasteiger partial charge in [-0.3, -0.25) is 4.79 Å². The Bertz CT molecular complexity index is 975. The van der Waals surface area contributed by atoms with Gasteiger partial charge in [0, 0.05) is 0 Å². The number of H-pyrrole nitrogens is 1. The first-order chi connectivity index (χ1) is 12.0. The van der Waals surface area contributed by atoms with Crippen molar-refractivity contribution in [1.82, 2.24) is 14.6 Å². The number of aromatic hydroxyl groups is 1. The zero-order chi connectivity index (χ0) is 18.0. The first-order valence-electron chi connectivity index (χ1n) is 7.73. The van der Waals surface area contributed by atoms with E-state index in [2.05, 4.69) is 10.1 Å². The molecule has 0 fully saturated rings. The minimum absolute atomic E-state index is 0.0308. The number of fused-ring (bicyclic) bond motifs is 1. The van der Waals surface area contributed by atoms with Crippen molar-refractivity contribution in [3.63, 3.8) is 0 Å². The van der Waals surface area contributed by atoms with E-state index in [0.29, 0.717) is 13.0 Å². The van der Waals surface area contributed by atoms with Crippen molar-refractivity contribution < 1.29 is 19.7 Å². The highest BCUT2D eigenvalue weighted by Crippen LogP contribution is 2.20. The molecule has 130 valence electrons. The maximum atomic E-state index is 12.2. The lowest BCUT2D eigenvalue weighted by Crippen LogP contribution is -2.17. The lowest BCUT2D eigenvalue weighted by atomic mass is 10.2. The highest BCUT2D eigenvalue weighted by molar-refractivity contribution is 5.95. The van der Waals surface area contributed by atoms with E-state index in [-0.39, 0.29) is 34.8 Å². The SMILES string of the molecule is Cc1nn2c(O)c(CCCOc3ccccc3)c(=O)[nH]c2c1C(=O)O. The number of hydrogen-bond donors (Lipinski definition) is 3. The van der Waals surface area contributed by atoms with Gasteiger partial charge in [0.2, 0.25) is 5.88 Å². The van der Waals surface area contributed by atoms with Crippen molar-refractivity contribution >= 4 is 11.6 Å². The van der Waals surface area contributed by atoms with Crippen molar-refractivity contribution in [3.05, 3.63) is 57.5 Å². The van der Waals surface area contributed by atoms with Crippen molar-refractivity contribution in [3.8, 4) is 11.6 Å². The number of aromatic carboxylic acids is 1. The minimum atomic E-state index is -1.22. The Morgan fingerprint density at radius 2 is 2.04 bits per heavy atom. The standard InChI is InChI=1S/C17H17N3O5/c1-10-13(17(23)24)14-18-15(21)12(16(22)20(14)19-10)8-5-9-25-11-6-3-2-4-7-11/h2-4,6-7,22H,5,8-9H2,1H3,(H,18,21)(H,23,24). The molecule has 0 aliphatic carbocycles. The molecule has 0 unspecified atom stereocenters. The topological polar surface area (TPSA) is 117 Å². The predicted octanol–water partition coefficient (Wildman–Crippen LogP) is 1.75. The van der Waals surface area contributed by atoms with E-state index in [1.165, 1.54) is 6.92 Å². The summed E-state index contributed by atoms with van der Waals surface area (Å²) < 4.78 is 6.60. The van der Waals surface area contributed by atoms with Gasteiger partial charge in [0.15, 0.2) is 5.65 Å². The minimum Gasteiger partial charge on any atom is -0.494 e. The van der Waals surface area contributed by atoms with E-state index in [4.69, 9.17) is 4.74 Å². The third-order valence-corrected chi connectivity index (χ3v) is 3.83. The van der Waals surface area contributed by atoms with Gasteiger partial charge in [0.1, 0.15) is 11.3 Å². The smallest absolute Gasteiger partial charge is 0.341 e. The molecular formula is C17H17N3O5. The van der Waals surface area contributed by atoms with Gasteiger partial charge in [-0.05, 0) is 31.9 Å². The van der Waals surface area contributed by atoms with Crippen LogP contribution in [0.25, 0.3) is 5.65 Å². The zero-order valence-corrected chi connectivity index (χ0v) is 13.5. The van der Waals surface area contributed by atoms with Gasteiger partial charge in [-0.15, -0.1) is 0 Å². The summed E-state index contributed by atoms with van der Waals surface area (Å²) in [6, 6.07) is 9.27. The number of hydrogen-bond acceptors (Lipinski definition) is 5. The summed E-state index contributed by atoms with van der Waals surface area (Å²) in [4.78, 5) is 26.0. The second-order valence-corrected chi connectivity index (χ2v) is 5.55. The molecular weight excluding hydrogens is 326 g/mol. The molecule has 8 heteroatoms.